The lowest BCUT2D eigenvalue weighted by atomic mass is 10.1. The summed E-state index contributed by atoms with van der Waals surface area (Å²) >= 11 is 3.40. The molecule has 0 saturated heterocycles. The maximum Gasteiger partial charge on any atom is 0.309 e. The standard InChI is InChI=1S/C11H8BrNO2/c12-8-3-1-2-7-4-5-13-9(11(7)8)6-10(14)15/h1-5H,6H2,(H,14,15). The predicted octanol–water partition coefficient (Wildman–Crippen LogP) is 2.62. The minimum absolute atomic E-state index is 0.0556. The van der Waals surface area contributed by atoms with Crippen LogP contribution >= 0.6 is 15.9 Å². The molecule has 0 fully saturated rings. The SMILES string of the molecule is O=C(O)Cc1nccc2cccc(Br)c12. The highest BCUT2D eigenvalue weighted by Crippen LogP contribution is 2.26. The van der Waals surface area contributed by atoms with E-state index in [0.717, 1.165) is 15.2 Å². The number of aromatic nitrogens is 1. The van der Waals surface area contributed by atoms with Crippen molar-refractivity contribution in [2.24, 2.45) is 0 Å². The molecule has 1 heterocycles. The molecule has 2 rings (SSSR count). The smallest absolute Gasteiger partial charge is 0.309 e. The summed E-state index contributed by atoms with van der Waals surface area (Å²) in [5, 5.41) is 10.6. The second kappa shape index (κ2) is 3.98. The molecule has 0 unspecified atom stereocenters. The van der Waals surface area contributed by atoms with Gasteiger partial charge in [0.2, 0.25) is 0 Å². The summed E-state index contributed by atoms with van der Waals surface area (Å²) in [6, 6.07) is 7.60. The van der Waals surface area contributed by atoms with Crippen molar-refractivity contribution in [2.75, 3.05) is 0 Å². The lowest BCUT2D eigenvalue weighted by Crippen LogP contribution is -2.03. The number of carboxylic acid groups (broad SMARTS) is 1. The fraction of sp³-hybridized carbons (Fsp3) is 0.0909. The lowest BCUT2D eigenvalue weighted by molar-refractivity contribution is -0.136. The van der Waals surface area contributed by atoms with Crippen molar-refractivity contribution in [1.82, 2.24) is 4.98 Å². The number of carboxylic acids is 1. The van der Waals surface area contributed by atoms with E-state index in [1.54, 1.807) is 6.20 Å². The van der Waals surface area contributed by atoms with Gasteiger partial charge >= 0.3 is 5.97 Å². The molecule has 1 N–H and O–H groups in total. The molecule has 2 aromatic rings. The number of hydrogen-bond donors (Lipinski definition) is 1. The number of fused-ring (bicyclic) bond motifs is 1. The van der Waals surface area contributed by atoms with Crippen LogP contribution in [0.4, 0.5) is 0 Å². The van der Waals surface area contributed by atoms with Gasteiger partial charge in [-0.2, -0.15) is 0 Å². The van der Waals surface area contributed by atoms with Gasteiger partial charge in [-0.15, -0.1) is 0 Å². The van der Waals surface area contributed by atoms with Crippen LogP contribution in [0.15, 0.2) is 34.9 Å². The molecule has 0 radical (unpaired) electrons. The molecule has 15 heavy (non-hydrogen) atoms. The number of pyridine rings is 1. The molecule has 1 aromatic heterocycles. The number of nitrogens with zero attached hydrogens (tertiary/aromatic N) is 1. The van der Waals surface area contributed by atoms with Crippen molar-refractivity contribution in [1.29, 1.82) is 0 Å². The van der Waals surface area contributed by atoms with E-state index < -0.39 is 5.97 Å². The Kier molecular flexibility index (Phi) is 2.68. The van der Waals surface area contributed by atoms with E-state index >= 15 is 0 Å². The van der Waals surface area contributed by atoms with Gasteiger partial charge in [0.05, 0.1) is 12.1 Å². The third kappa shape index (κ3) is 1.99. The fourth-order valence-electron chi connectivity index (χ4n) is 1.53. The van der Waals surface area contributed by atoms with Gasteiger partial charge in [0.1, 0.15) is 0 Å². The van der Waals surface area contributed by atoms with Crippen molar-refractivity contribution >= 4 is 32.7 Å². The number of carbonyl (C=O) groups is 1. The average molecular weight is 266 g/mol. The summed E-state index contributed by atoms with van der Waals surface area (Å²) in [6.07, 6.45) is 1.58. The molecule has 0 aliphatic carbocycles. The van der Waals surface area contributed by atoms with Crippen LogP contribution in [0.1, 0.15) is 5.69 Å². The van der Waals surface area contributed by atoms with Gasteiger partial charge in [-0.05, 0) is 17.5 Å². The predicted molar refractivity (Wildman–Crippen MR) is 60.8 cm³/mol. The first-order valence-electron chi connectivity index (χ1n) is 4.42. The Balaban J connectivity index is 2.68. The Morgan fingerprint density at radius 1 is 1.40 bits per heavy atom. The molecule has 0 atom stereocenters. The van der Waals surface area contributed by atoms with Crippen molar-refractivity contribution < 1.29 is 9.90 Å². The van der Waals surface area contributed by atoms with E-state index in [-0.39, 0.29) is 6.42 Å². The monoisotopic (exact) mass is 265 g/mol. The first-order valence-corrected chi connectivity index (χ1v) is 5.21. The van der Waals surface area contributed by atoms with Gasteiger partial charge in [0, 0.05) is 16.1 Å². The Morgan fingerprint density at radius 2 is 2.20 bits per heavy atom. The number of halogens is 1. The Morgan fingerprint density at radius 3 is 2.93 bits per heavy atom. The molecule has 76 valence electrons. The molecule has 0 aliphatic heterocycles. The van der Waals surface area contributed by atoms with E-state index in [1.165, 1.54) is 0 Å². The minimum Gasteiger partial charge on any atom is -0.481 e. The highest BCUT2D eigenvalue weighted by atomic mass is 79.9. The summed E-state index contributed by atoms with van der Waals surface area (Å²) in [6.45, 7) is 0. The Labute approximate surface area is 94.9 Å². The first kappa shape index (κ1) is 10.1. The normalized spacial score (nSPS) is 10.5. The molecule has 4 heteroatoms. The lowest BCUT2D eigenvalue weighted by Gasteiger charge is -2.04. The Bertz CT molecular complexity index is 520. The average Bonchev–Trinajstić information content (AvgIpc) is 2.17. The minimum atomic E-state index is -0.870. The van der Waals surface area contributed by atoms with Crippen molar-refractivity contribution in [3.05, 3.63) is 40.6 Å². The van der Waals surface area contributed by atoms with Gasteiger partial charge in [-0.25, -0.2) is 0 Å². The number of hydrogen-bond acceptors (Lipinski definition) is 2. The summed E-state index contributed by atoms with van der Waals surface area (Å²) in [4.78, 5) is 14.8. The van der Waals surface area contributed by atoms with Crippen molar-refractivity contribution in [3.63, 3.8) is 0 Å². The maximum atomic E-state index is 10.7. The summed E-state index contributed by atoms with van der Waals surface area (Å²) in [5.74, 6) is -0.870. The van der Waals surface area contributed by atoms with Crippen LogP contribution in [0.2, 0.25) is 0 Å². The van der Waals surface area contributed by atoms with E-state index in [9.17, 15) is 4.79 Å². The van der Waals surface area contributed by atoms with E-state index in [4.69, 9.17) is 5.11 Å². The molecule has 0 spiro atoms. The molecule has 0 saturated carbocycles. The summed E-state index contributed by atoms with van der Waals surface area (Å²) in [7, 11) is 0. The van der Waals surface area contributed by atoms with Gasteiger partial charge in [-0.1, -0.05) is 28.1 Å². The van der Waals surface area contributed by atoms with E-state index in [1.807, 2.05) is 24.3 Å². The third-order valence-electron chi connectivity index (χ3n) is 2.14. The van der Waals surface area contributed by atoms with Crippen LogP contribution in [-0.2, 0) is 11.2 Å². The second-order valence-electron chi connectivity index (χ2n) is 3.17. The van der Waals surface area contributed by atoms with Crippen molar-refractivity contribution in [2.45, 2.75) is 6.42 Å². The molecular formula is C11H8BrNO2. The zero-order valence-electron chi connectivity index (χ0n) is 7.77. The van der Waals surface area contributed by atoms with Gasteiger partial charge in [-0.3, -0.25) is 9.78 Å². The fourth-order valence-corrected chi connectivity index (χ4v) is 2.14. The molecule has 3 nitrogen and oxygen atoms in total. The second-order valence-corrected chi connectivity index (χ2v) is 4.02. The van der Waals surface area contributed by atoms with Crippen molar-refractivity contribution in [3.8, 4) is 0 Å². The summed E-state index contributed by atoms with van der Waals surface area (Å²) < 4.78 is 0.879. The first-order chi connectivity index (χ1) is 7.18. The zero-order valence-corrected chi connectivity index (χ0v) is 9.36. The highest BCUT2D eigenvalue weighted by molar-refractivity contribution is 9.10. The Hall–Kier alpha value is -1.42. The van der Waals surface area contributed by atoms with Gasteiger partial charge in [0.25, 0.3) is 0 Å². The maximum absolute atomic E-state index is 10.7. The number of rotatable bonds is 2. The van der Waals surface area contributed by atoms with Crippen LogP contribution in [0, 0.1) is 0 Å². The summed E-state index contributed by atoms with van der Waals surface area (Å²) in [5.41, 5.74) is 0.590. The highest BCUT2D eigenvalue weighted by Gasteiger charge is 2.08. The molecule has 0 aliphatic rings. The van der Waals surface area contributed by atoms with Crippen LogP contribution < -0.4 is 0 Å². The molecule has 1 aromatic carbocycles. The van der Waals surface area contributed by atoms with E-state index in [2.05, 4.69) is 20.9 Å². The van der Waals surface area contributed by atoms with Crippen LogP contribution in [0.5, 0.6) is 0 Å². The number of aliphatic carboxylic acids is 1. The van der Waals surface area contributed by atoms with Crippen LogP contribution in [0.3, 0.4) is 0 Å². The molecule has 0 bridgehead atoms. The van der Waals surface area contributed by atoms with Crippen LogP contribution in [-0.4, -0.2) is 16.1 Å². The largest absolute Gasteiger partial charge is 0.481 e. The molecular weight excluding hydrogens is 258 g/mol. The topological polar surface area (TPSA) is 50.2 Å². The molecule has 0 amide bonds. The third-order valence-corrected chi connectivity index (χ3v) is 2.80. The van der Waals surface area contributed by atoms with Crippen LogP contribution in [0.25, 0.3) is 10.8 Å². The van der Waals surface area contributed by atoms with Gasteiger partial charge < -0.3 is 5.11 Å². The quantitative estimate of drug-likeness (QED) is 0.908. The van der Waals surface area contributed by atoms with Gasteiger partial charge in [0.15, 0.2) is 0 Å². The zero-order chi connectivity index (χ0) is 10.8. The number of benzene rings is 1. The van der Waals surface area contributed by atoms with E-state index in [0.29, 0.717) is 5.69 Å².